The second-order valence-electron chi connectivity index (χ2n) is 9.60. The molecule has 0 amide bonds. The van der Waals surface area contributed by atoms with Gasteiger partial charge in [0, 0.05) is 18.4 Å². The van der Waals surface area contributed by atoms with Gasteiger partial charge < -0.3 is 5.11 Å². The zero-order chi connectivity index (χ0) is 15.8. The van der Waals surface area contributed by atoms with E-state index < -0.39 is 0 Å². The van der Waals surface area contributed by atoms with Crippen LogP contribution in [-0.4, -0.2) is 17.5 Å². The average molecular weight is 302 g/mol. The van der Waals surface area contributed by atoms with Gasteiger partial charge in [-0.1, -0.05) is 32.9 Å². The van der Waals surface area contributed by atoms with Gasteiger partial charge in [0.25, 0.3) is 0 Å². The highest BCUT2D eigenvalue weighted by Gasteiger charge is 2.66. The van der Waals surface area contributed by atoms with Gasteiger partial charge in [-0.25, -0.2) is 0 Å². The third-order valence-corrected chi connectivity index (χ3v) is 8.32. The first-order chi connectivity index (χ1) is 10.3. The van der Waals surface area contributed by atoms with Crippen LogP contribution in [0.2, 0.25) is 0 Å². The standard InChI is InChI=1S/C20H30O2/c1-17-7-4-15-19(3)14(5-9-20(15,12-17)11-10-17)18(2,13-21)8-6-16(19)22/h10-11,14-15,21H,4-9,12-13H2,1-3H3. The zero-order valence-corrected chi connectivity index (χ0v) is 14.3. The molecular weight excluding hydrogens is 272 g/mol. The van der Waals surface area contributed by atoms with Gasteiger partial charge >= 0.3 is 0 Å². The highest BCUT2D eigenvalue weighted by atomic mass is 16.3. The Morgan fingerprint density at radius 1 is 1.09 bits per heavy atom. The van der Waals surface area contributed by atoms with Crippen LogP contribution in [0.15, 0.2) is 12.2 Å². The van der Waals surface area contributed by atoms with E-state index in [0.717, 1.165) is 12.8 Å². The molecule has 0 aromatic heterocycles. The molecular formula is C20H30O2. The summed E-state index contributed by atoms with van der Waals surface area (Å²) >= 11 is 0. The molecule has 22 heavy (non-hydrogen) atoms. The molecule has 0 aliphatic heterocycles. The Hall–Kier alpha value is -0.630. The average Bonchev–Trinajstić information content (AvgIpc) is 2.74. The van der Waals surface area contributed by atoms with Crippen molar-refractivity contribution in [1.82, 2.24) is 0 Å². The van der Waals surface area contributed by atoms with Crippen molar-refractivity contribution in [2.45, 2.75) is 65.7 Å². The van der Waals surface area contributed by atoms with Crippen LogP contribution >= 0.6 is 0 Å². The number of fused-ring (bicyclic) bond motifs is 3. The largest absolute Gasteiger partial charge is 0.396 e. The van der Waals surface area contributed by atoms with Crippen molar-refractivity contribution in [1.29, 1.82) is 0 Å². The zero-order valence-electron chi connectivity index (χ0n) is 14.3. The predicted molar refractivity (Wildman–Crippen MR) is 87.3 cm³/mol. The lowest BCUT2D eigenvalue weighted by atomic mass is 9.40. The molecule has 4 aliphatic rings. The Bertz CT molecular complexity index is 552. The topological polar surface area (TPSA) is 37.3 Å². The summed E-state index contributed by atoms with van der Waals surface area (Å²) in [6.07, 6.45) is 12.5. The molecule has 3 saturated carbocycles. The van der Waals surface area contributed by atoms with Crippen LogP contribution in [-0.2, 0) is 4.79 Å². The van der Waals surface area contributed by atoms with Crippen LogP contribution in [0.25, 0.3) is 0 Å². The highest BCUT2D eigenvalue weighted by molar-refractivity contribution is 5.86. The molecule has 0 radical (unpaired) electrons. The Balaban J connectivity index is 1.79. The summed E-state index contributed by atoms with van der Waals surface area (Å²) in [7, 11) is 0. The SMILES string of the molecule is CC12C=CC3(CCC4C(C)(CO)CCC(=O)C4(C)C3CC1)C2. The minimum atomic E-state index is -0.218. The van der Waals surface area contributed by atoms with Crippen molar-refractivity contribution in [3.63, 3.8) is 0 Å². The number of Topliss-reactive ketones (excluding diaryl/α,β-unsaturated/α-hetero) is 1. The molecule has 2 bridgehead atoms. The fourth-order valence-electron chi connectivity index (χ4n) is 7.10. The van der Waals surface area contributed by atoms with Crippen LogP contribution in [0.3, 0.4) is 0 Å². The highest BCUT2D eigenvalue weighted by Crippen LogP contribution is 2.70. The number of carbonyl (C=O) groups is 1. The van der Waals surface area contributed by atoms with Gasteiger partial charge in [-0.05, 0) is 66.6 Å². The van der Waals surface area contributed by atoms with Gasteiger partial charge in [0.05, 0.1) is 0 Å². The molecule has 0 aromatic carbocycles. The lowest BCUT2D eigenvalue weighted by molar-refractivity contribution is -0.174. The number of rotatable bonds is 1. The third kappa shape index (κ3) is 1.63. The minimum Gasteiger partial charge on any atom is -0.396 e. The van der Waals surface area contributed by atoms with E-state index in [-0.39, 0.29) is 22.9 Å². The van der Waals surface area contributed by atoms with Gasteiger partial charge in [0.1, 0.15) is 5.78 Å². The predicted octanol–water partition coefficient (Wildman–Crippen LogP) is 4.13. The van der Waals surface area contributed by atoms with Gasteiger partial charge in [0.2, 0.25) is 0 Å². The quantitative estimate of drug-likeness (QED) is 0.740. The second kappa shape index (κ2) is 4.26. The van der Waals surface area contributed by atoms with Gasteiger partial charge in [-0.2, -0.15) is 0 Å². The minimum absolute atomic E-state index is 0.0622. The summed E-state index contributed by atoms with van der Waals surface area (Å²) in [5.41, 5.74) is 0.358. The Morgan fingerprint density at radius 3 is 2.55 bits per heavy atom. The number of carbonyl (C=O) groups excluding carboxylic acids is 1. The summed E-state index contributed by atoms with van der Waals surface area (Å²) in [6.45, 7) is 7.10. The molecule has 4 aliphatic carbocycles. The summed E-state index contributed by atoms with van der Waals surface area (Å²) < 4.78 is 0. The Labute approximate surface area is 134 Å². The molecule has 2 heteroatoms. The van der Waals surface area contributed by atoms with Crippen LogP contribution in [0.1, 0.15) is 65.7 Å². The van der Waals surface area contributed by atoms with E-state index in [9.17, 15) is 9.90 Å². The van der Waals surface area contributed by atoms with Crippen molar-refractivity contribution in [3.05, 3.63) is 12.2 Å². The van der Waals surface area contributed by atoms with E-state index in [2.05, 4.69) is 32.9 Å². The van der Waals surface area contributed by atoms with Crippen LogP contribution < -0.4 is 0 Å². The van der Waals surface area contributed by atoms with E-state index in [1.807, 2.05) is 0 Å². The molecule has 1 spiro atoms. The monoisotopic (exact) mass is 302 g/mol. The van der Waals surface area contributed by atoms with Crippen molar-refractivity contribution in [2.24, 2.45) is 33.5 Å². The third-order valence-electron chi connectivity index (χ3n) is 8.32. The number of ketones is 1. The summed E-state index contributed by atoms with van der Waals surface area (Å²) in [6, 6.07) is 0. The maximum atomic E-state index is 13.1. The lowest BCUT2D eigenvalue weighted by Crippen LogP contribution is -2.61. The normalized spacial score (nSPS) is 56.6. The maximum Gasteiger partial charge on any atom is 0.139 e. The van der Waals surface area contributed by atoms with E-state index >= 15 is 0 Å². The smallest absolute Gasteiger partial charge is 0.139 e. The summed E-state index contributed by atoms with van der Waals surface area (Å²) in [5.74, 6) is 1.33. The Morgan fingerprint density at radius 2 is 1.82 bits per heavy atom. The number of aliphatic hydroxyl groups excluding tert-OH is 1. The van der Waals surface area contributed by atoms with E-state index in [4.69, 9.17) is 0 Å². The van der Waals surface area contributed by atoms with E-state index in [0.29, 0.717) is 29.5 Å². The molecule has 1 N–H and O–H groups in total. The molecule has 0 heterocycles. The number of allylic oxidation sites excluding steroid dienone is 2. The first-order valence-electron chi connectivity index (χ1n) is 9.13. The van der Waals surface area contributed by atoms with Gasteiger partial charge in [-0.3, -0.25) is 4.79 Å². The number of hydrogen-bond donors (Lipinski definition) is 1. The van der Waals surface area contributed by atoms with E-state index in [1.54, 1.807) is 0 Å². The molecule has 6 atom stereocenters. The van der Waals surface area contributed by atoms with Gasteiger partial charge in [0.15, 0.2) is 0 Å². The molecule has 6 unspecified atom stereocenters. The first kappa shape index (κ1) is 14.9. The second-order valence-corrected chi connectivity index (χ2v) is 9.60. The Kier molecular flexibility index (Phi) is 2.89. The molecule has 4 rings (SSSR count). The molecule has 122 valence electrons. The number of aliphatic hydroxyl groups is 1. The summed E-state index contributed by atoms with van der Waals surface area (Å²) in [5, 5.41) is 10.0. The first-order valence-corrected chi connectivity index (χ1v) is 9.13. The fraction of sp³-hybridized carbons (Fsp3) is 0.850. The van der Waals surface area contributed by atoms with Crippen LogP contribution in [0.4, 0.5) is 0 Å². The van der Waals surface area contributed by atoms with Crippen LogP contribution in [0.5, 0.6) is 0 Å². The number of hydrogen-bond acceptors (Lipinski definition) is 2. The van der Waals surface area contributed by atoms with Crippen molar-refractivity contribution < 1.29 is 9.90 Å². The van der Waals surface area contributed by atoms with Crippen LogP contribution in [0, 0.1) is 33.5 Å². The van der Waals surface area contributed by atoms with Crippen molar-refractivity contribution >= 4 is 5.78 Å². The molecule has 2 nitrogen and oxygen atoms in total. The van der Waals surface area contributed by atoms with E-state index in [1.165, 1.54) is 25.7 Å². The van der Waals surface area contributed by atoms with Crippen molar-refractivity contribution in [2.75, 3.05) is 6.61 Å². The summed E-state index contributed by atoms with van der Waals surface area (Å²) in [4.78, 5) is 13.1. The molecule has 0 aromatic rings. The molecule has 0 saturated heterocycles. The van der Waals surface area contributed by atoms with Gasteiger partial charge in [-0.15, -0.1) is 0 Å². The maximum absolute atomic E-state index is 13.1. The fourth-order valence-corrected chi connectivity index (χ4v) is 7.10. The van der Waals surface area contributed by atoms with Crippen molar-refractivity contribution in [3.8, 4) is 0 Å². The molecule has 3 fully saturated rings. The lowest BCUT2D eigenvalue weighted by Gasteiger charge is -2.63.